The van der Waals surface area contributed by atoms with Crippen LogP contribution >= 0.6 is 11.3 Å². The third-order valence-electron chi connectivity index (χ3n) is 3.89. The quantitative estimate of drug-likeness (QED) is 0.841. The van der Waals surface area contributed by atoms with Gasteiger partial charge in [0.05, 0.1) is 17.9 Å². The average Bonchev–Trinajstić information content (AvgIpc) is 2.66. The highest BCUT2D eigenvalue weighted by molar-refractivity contribution is 7.15. The molecule has 1 fully saturated rings. The summed E-state index contributed by atoms with van der Waals surface area (Å²) in [6, 6.07) is 0.645. The molecule has 1 aromatic heterocycles. The van der Waals surface area contributed by atoms with E-state index in [4.69, 9.17) is 10.5 Å². The van der Waals surface area contributed by atoms with E-state index in [0.717, 1.165) is 31.1 Å². The molecule has 2 heterocycles. The zero-order valence-corrected chi connectivity index (χ0v) is 11.9. The molecule has 0 amide bonds. The highest BCUT2D eigenvalue weighted by Gasteiger charge is 2.31. The molecule has 3 atom stereocenters. The molecular weight excluding hydrogens is 246 g/mol. The van der Waals surface area contributed by atoms with E-state index < -0.39 is 0 Å². The molecule has 0 radical (unpaired) electrons. The second-order valence-electron chi connectivity index (χ2n) is 5.53. The van der Waals surface area contributed by atoms with Gasteiger partial charge in [-0.1, -0.05) is 0 Å². The van der Waals surface area contributed by atoms with Gasteiger partial charge in [0.1, 0.15) is 0 Å². The number of hydrogen-bond donors (Lipinski definition) is 1. The second-order valence-corrected chi connectivity index (χ2v) is 6.65. The van der Waals surface area contributed by atoms with Crippen LogP contribution in [0.15, 0.2) is 0 Å². The van der Waals surface area contributed by atoms with Crippen molar-refractivity contribution in [3.63, 3.8) is 0 Å². The van der Waals surface area contributed by atoms with E-state index in [0.29, 0.717) is 18.2 Å². The summed E-state index contributed by atoms with van der Waals surface area (Å²) in [5, 5.41) is 0.726. The number of hydrogen-bond acceptors (Lipinski definition) is 5. The molecule has 0 aromatic carbocycles. The van der Waals surface area contributed by atoms with Crippen molar-refractivity contribution in [2.75, 3.05) is 18.8 Å². The van der Waals surface area contributed by atoms with Crippen LogP contribution in [0, 0.1) is 0 Å². The summed E-state index contributed by atoms with van der Waals surface area (Å²) in [6.45, 7) is 6.44. The maximum Gasteiger partial charge on any atom is 0.180 e. The fourth-order valence-electron chi connectivity index (χ4n) is 3.21. The lowest BCUT2D eigenvalue weighted by Gasteiger charge is -2.41. The van der Waals surface area contributed by atoms with Crippen molar-refractivity contribution in [2.24, 2.45) is 0 Å². The van der Waals surface area contributed by atoms with Crippen molar-refractivity contribution in [2.45, 2.75) is 51.4 Å². The van der Waals surface area contributed by atoms with Gasteiger partial charge in [-0.2, -0.15) is 0 Å². The Morgan fingerprint density at radius 3 is 2.78 bits per heavy atom. The van der Waals surface area contributed by atoms with E-state index in [2.05, 4.69) is 23.7 Å². The van der Waals surface area contributed by atoms with Crippen LogP contribution < -0.4 is 5.73 Å². The molecule has 3 rings (SSSR count). The Labute approximate surface area is 112 Å². The maximum atomic E-state index is 5.81. The number of aryl methyl sites for hydroxylation is 1. The topological polar surface area (TPSA) is 51.4 Å². The minimum Gasteiger partial charge on any atom is -0.375 e. The average molecular weight is 267 g/mol. The molecule has 1 aliphatic heterocycles. The van der Waals surface area contributed by atoms with E-state index in [1.54, 1.807) is 11.3 Å². The molecule has 2 aliphatic rings. The van der Waals surface area contributed by atoms with Gasteiger partial charge >= 0.3 is 0 Å². The Balaban J connectivity index is 1.71. The predicted octanol–water partition coefficient (Wildman–Crippen LogP) is 1.69. The van der Waals surface area contributed by atoms with Crippen LogP contribution in [0.1, 0.15) is 30.8 Å². The lowest BCUT2D eigenvalue weighted by atomic mass is 9.95. The summed E-state index contributed by atoms with van der Waals surface area (Å²) in [4.78, 5) is 8.41. The number of rotatable bonds is 1. The van der Waals surface area contributed by atoms with E-state index in [9.17, 15) is 0 Å². The zero-order valence-electron chi connectivity index (χ0n) is 11.1. The molecule has 5 heteroatoms. The normalized spacial score (nSPS) is 33.3. The minimum atomic E-state index is 0.349. The first-order chi connectivity index (χ1) is 8.61. The Morgan fingerprint density at radius 1 is 1.33 bits per heavy atom. The van der Waals surface area contributed by atoms with Crippen molar-refractivity contribution in [1.82, 2.24) is 9.88 Å². The molecular formula is C13H21N3OS. The third kappa shape index (κ3) is 2.39. The van der Waals surface area contributed by atoms with Crippen LogP contribution in [-0.4, -0.2) is 41.2 Å². The standard InChI is InChI=1S/C13H21N3OS/c1-8-6-16(7-9(2)17-8)10-3-4-11-12(5-10)18-13(14)15-11/h8-10H,3-7H2,1-2H3,(H2,14,15)/t8-,9+,10?. The molecule has 1 aliphatic carbocycles. The van der Waals surface area contributed by atoms with Gasteiger partial charge in [0.25, 0.3) is 0 Å². The van der Waals surface area contributed by atoms with Crippen LogP contribution in [0.25, 0.3) is 0 Å². The van der Waals surface area contributed by atoms with Gasteiger partial charge in [-0.25, -0.2) is 4.98 Å². The van der Waals surface area contributed by atoms with Crippen molar-refractivity contribution in [3.8, 4) is 0 Å². The van der Waals surface area contributed by atoms with Gasteiger partial charge in [-0.15, -0.1) is 11.3 Å². The number of thiazole rings is 1. The SMILES string of the molecule is C[C@@H]1CN(C2CCc3nc(N)sc3C2)C[C@H](C)O1. The predicted molar refractivity (Wildman–Crippen MR) is 73.9 cm³/mol. The summed E-state index contributed by atoms with van der Waals surface area (Å²) >= 11 is 1.67. The molecule has 100 valence electrons. The van der Waals surface area contributed by atoms with Crippen LogP contribution in [-0.2, 0) is 17.6 Å². The van der Waals surface area contributed by atoms with Gasteiger partial charge in [0.15, 0.2) is 5.13 Å². The molecule has 4 nitrogen and oxygen atoms in total. The van der Waals surface area contributed by atoms with Crippen molar-refractivity contribution in [3.05, 3.63) is 10.6 Å². The fourth-order valence-corrected chi connectivity index (χ4v) is 4.15. The van der Waals surface area contributed by atoms with Crippen molar-refractivity contribution < 1.29 is 4.74 Å². The number of aromatic nitrogens is 1. The number of fused-ring (bicyclic) bond motifs is 1. The lowest BCUT2D eigenvalue weighted by molar-refractivity contribution is -0.0815. The smallest absolute Gasteiger partial charge is 0.180 e. The largest absolute Gasteiger partial charge is 0.375 e. The van der Waals surface area contributed by atoms with Gasteiger partial charge in [-0.3, -0.25) is 4.90 Å². The van der Waals surface area contributed by atoms with Crippen LogP contribution in [0.4, 0.5) is 5.13 Å². The number of nitrogens with two attached hydrogens (primary N) is 1. The Morgan fingerprint density at radius 2 is 2.06 bits per heavy atom. The first-order valence-corrected chi connectivity index (χ1v) is 7.57. The molecule has 1 saturated heterocycles. The summed E-state index contributed by atoms with van der Waals surface area (Å²) in [5.74, 6) is 0. The van der Waals surface area contributed by atoms with Gasteiger partial charge < -0.3 is 10.5 Å². The van der Waals surface area contributed by atoms with Crippen LogP contribution in [0.2, 0.25) is 0 Å². The monoisotopic (exact) mass is 267 g/mol. The summed E-state index contributed by atoms with van der Waals surface area (Å²) < 4.78 is 5.81. The lowest BCUT2D eigenvalue weighted by Crippen LogP contribution is -2.51. The van der Waals surface area contributed by atoms with E-state index in [1.165, 1.54) is 17.0 Å². The van der Waals surface area contributed by atoms with Gasteiger partial charge in [-0.05, 0) is 33.1 Å². The Bertz CT molecular complexity index is 424. The first-order valence-electron chi connectivity index (χ1n) is 6.75. The number of nitrogen functional groups attached to an aromatic ring is 1. The fraction of sp³-hybridized carbons (Fsp3) is 0.769. The van der Waals surface area contributed by atoms with Gasteiger partial charge in [0, 0.05) is 24.0 Å². The number of morpholine rings is 1. The molecule has 1 unspecified atom stereocenters. The molecule has 0 saturated carbocycles. The molecule has 0 spiro atoms. The summed E-state index contributed by atoms with van der Waals surface area (Å²) in [7, 11) is 0. The Kier molecular flexibility index (Phi) is 3.30. The number of nitrogens with zero attached hydrogens (tertiary/aromatic N) is 2. The number of anilines is 1. The maximum absolute atomic E-state index is 5.81. The van der Waals surface area contributed by atoms with Crippen molar-refractivity contribution >= 4 is 16.5 Å². The van der Waals surface area contributed by atoms with E-state index in [-0.39, 0.29) is 0 Å². The molecule has 0 bridgehead atoms. The van der Waals surface area contributed by atoms with Crippen LogP contribution in [0.5, 0.6) is 0 Å². The zero-order chi connectivity index (χ0) is 12.7. The molecule has 2 N–H and O–H groups in total. The summed E-state index contributed by atoms with van der Waals surface area (Å²) in [6.07, 6.45) is 4.09. The Hall–Kier alpha value is -0.650. The van der Waals surface area contributed by atoms with Gasteiger partial charge in [0.2, 0.25) is 0 Å². The molecule has 18 heavy (non-hydrogen) atoms. The van der Waals surface area contributed by atoms with E-state index in [1.807, 2.05) is 0 Å². The highest BCUT2D eigenvalue weighted by Crippen LogP contribution is 2.31. The van der Waals surface area contributed by atoms with Crippen LogP contribution in [0.3, 0.4) is 0 Å². The first kappa shape index (κ1) is 12.4. The third-order valence-corrected chi connectivity index (χ3v) is 4.84. The highest BCUT2D eigenvalue weighted by atomic mass is 32.1. The molecule has 1 aromatic rings. The van der Waals surface area contributed by atoms with E-state index >= 15 is 0 Å². The summed E-state index contributed by atoms with van der Waals surface area (Å²) in [5.41, 5.74) is 7.04. The van der Waals surface area contributed by atoms with Crippen molar-refractivity contribution in [1.29, 1.82) is 0 Å². The minimum absolute atomic E-state index is 0.349. The second kappa shape index (κ2) is 4.79. The number of ether oxygens (including phenoxy) is 1.